The van der Waals surface area contributed by atoms with E-state index >= 15 is 0 Å². The number of thioether (sulfide) groups is 1. The first-order valence-electron chi connectivity index (χ1n) is 9.77. The van der Waals surface area contributed by atoms with E-state index < -0.39 is 0 Å². The van der Waals surface area contributed by atoms with Crippen LogP contribution in [0, 0.1) is 5.41 Å². The molecule has 7 heteroatoms. The molecule has 30 heavy (non-hydrogen) atoms. The van der Waals surface area contributed by atoms with E-state index in [9.17, 15) is 14.4 Å². The Labute approximate surface area is 182 Å². The van der Waals surface area contributed by atoms with Crippen molar-refractivity contribution in [1.29, 1.82) is 0 Å². The van der Waals surface area contributed by atoms with Gasteiger partial charge in [-0.15, -0.1) is 11.8 Å². The maximum absolute atomic E-state index is 12.5. The van der Waals surface area contributed by atoms with E-state index in [4.69, 9.17) is 0 Å². The summed E-state index contributed by atoms with van der Waals surface area (Å²) >= 11 is 1.44. The summed E-state index contributed by atoms with van der Waals surface area (Å²) < 4.78 is 0. The molecule has 0 bridgehead atoms. The molecule has 3 amide bonds. The largest absolute Gasteiger partial charge is 0.326 e. The fourth-order valence-electron chi connectivity index (χ4n) is 2.65. The molecule has 6 nitrogen and oxygen atoms in total. The van der Waals surface area contributed by atoms with E-state index in [1.54, 1.807) is 24.3 Å². The third-order valence-electron chi connectivity index (χ3n) is 3.98. The van der Waals surface area contributed by atoms with Crippen molar-refractivity contribution in [1.82, 2.24) is 0 Å². The molecule has 0 aromatic heterocycles. The van der Waals surface area contributed by atoms with Crippen LogP contribution in [0.3, 0.4) is 0 Å². The number of hydrogen-bond donors (Lipinski definition) is 3. The number of benzene rings is 2. The van der Waals surface area contributed by atoms with Crippen LogP contribution in [0.1, 0.15) is 41.0 Å². The van der Waals surface area contributed by atoms with Crippen LogP contribution in [-0.4, -0.2) is 23.0 Å². The zero-order chi connectivity index (χ0) is 22.3. The summed E-state index contributed by atoms with van der Waals surface area (Å²) in [7, 11) is 0. The average molecular weight is 428 g/mol. The lowest BCUT2D eigenvalue weighted by Crippen LogP contribution is -2.22. The number of hydrogen-bond acceptors (Lipinski definition) is 4. The molecular weight excluding hydrogens is 398 g/mol. The maximum Gasteiger partial charge on any atom is 0.237 e. The van der Waals surface area contributed by atoms with Crippen molar-refractivity contribution < 1.29 is 14.4 Å². The van der Waals surface area contributed by atoms with Crippen LogP contribution in [0.2, 0.25) is 0 Å². The van der Waals surface area contributed by atoms with E-state index in [-0.39, 0.29) is 28.4 Å². The van der Waals surface area contributed by atoms with Crippen molar-refractivity contribution in [2.24, 2.45) is 5.41 Å². The Morgan fingerprint density at radius 1 is 0.833 bits per heavy atom. The van der Waals surface area contributed by atoms with E-state index in [1.165, 1.54) is 18.7 Å². The molecule has 2 aromatic rings. The first-order chi connectivity index (χ1) is 14.0. The second-order valence-corrected chi connectivity index (χ2v) is 9.73. The molecule has 0 saturated heterocycles. The molecule has 0 aliphatic heterocycles. The maximum atomic E-state index is 12.5. The van der Waals surface area contributed by atoms with Gasteiger partial charge in [-0.2, -0.15) is 0 Å². The average Bonchev–Trinajstić information content (AvgIpc) is 2.63. The molecule has 2 aromatic carbocycles. The summed E-state index contributed by atoms with van der Waals surface area (Å²) in [5.41, 5.74) is 2.02. The van der Waals surface area contributed by atoms with Crippen molar-refractivity contribution in [3.8, 4) is 0 Å². The Kier molecular flexibility index (Phi) is 8.06. The standard InChI is InChI=1S/C23H29N3O3S/c1-15(22(29)26-19-8-6-17(7-9-19)24-16(2)27)30-20-12-10-18(11-13-20)25-21(28)14-23(3,4)5/h6-13,15H,14H2,1-5H3,(H,24,27)(H,25,28)(H,26,29). The highest BCUT2D eigenvalue weighted by atomic mass is 32.2. The van der Waals surface area contributed by atoms with Gasteiger partial charge in [0.05, 0.1) is 5.25 Å². The third kappa shape index (κ3) is 8.29. The molecular formula is C23H29N3O3S. The monoisotopic (exact) mass is 427 g/mol. The van der Waals surface area contributed by atoms with Crippen molar-refractivity contribution in [3.63, 3.8) is 0 Å². The van der Waals surface area contributed by atoms with Gasteiger partial charge < -0.3 is 16.0 Å². The molecule has 0 aliphatic carbocycles. The van der Waals surface area contributed by atoms with E-state index in [0.29, 0.717) is 17.8 Å². The minimum atomic E-state index is -0.304. The lowest BCUT2D eigenvalue weighted by molar-refractivity contribution is -0.118. The smallest absolute Gasteiger partial charge is 0.237 e. The van der Waals surface area contributed by atoms with Gasteiger partial charge in [-0.3, -0.25) is 14.4 Å². The number of rotatable bonds is 7. The Morgan fingerprint density at radius 3 is 1.80 bits per heavy atom. The van der Waals surface area contributed by atoms with Gasteiger partial charge in [-0.25, -0.2) is 0 Å². The summed E-state index contributed by atoms with van der Waals surface area (Å²) in [5.74, 6) is -0.272. The van der Waals surface area contributed by atoms with Crippen LogP contribution in [0.15, 0.2) is 53.4 Å². The Hall–Kier alpha value is -2.80. The number of nitrogens with one attached hydrogen (secondary N) is 3. The zero-order valence-corrected chi connectivity index (χ0v) is 18.9. The van der Waals surface area contributed by atoms with Crippen molar-refractivity contribution in [2.45, 2.75) is 51.2 Å². The van der Waals surface area contributed by atoms with Gasteiger partial charge in [0, 0.05) is 35.3 Å². The van der Waals surface area contributed by atoms with Crippen LogP contribution in [0.4, 0.5) is 17.1 Å². The fourth-order valence-corrected chi connectivity index (χ4v) is 3.51. The fraction of sp³-hybridized carbons (Fsp3) is 0.348. The van der Waals surface area contributed by atoms with Gasteiger partial charge in [-0.05, 0) is 60.9 Å². The molecule has 2 rings (SSSR count). The predicted octanol–water partition coefficient (Wildman–Crippen LogP) is 5.14. The highest BCUT2D eigenvalue weighted by Crippen LogP contribution is 2.26. The molecule has 0 radical (unpaired) electrons. The number of amides is 3. The minimum absolute atomic E-state index is 0.0137. The number of anilines is 3. The molecule has 3 N–H and O–H groups in total. The summed E-state index contributed by atoms with van der Waals surface area (Å²) in [6, 6.07) is 14.4. The van der Waals surface area contributed by atoms with Crippen LogP contribution in [-0.2, 0) is 14.4 Å². The first-order valence-corrected chi connectivity index (χ1v) is 10.6. The molecule has 1 unspecified atom stereocenters. The van der Waals surface area contributed by atoms with Crippen LogP contribution in [0.25, 0.3) is 0 Å². The number of carbonyl (C=O) groups excluding carboxylic acids is 3. The SMILES string of the molecule is CC(=O)Nc1ccc(NC(=O)C(C)Sc2ccc(NC(=O)CC(C)(C)C)cc2)cc1. The second-order valence-electron chi connectivity index (χ2n) is 8.32. The van der Waals surface area contributed by atoms with Gasteiger partial charge in [0.1, 0.15) is 0 Å². The topological polar surface area (TPSA) is 87.3 Å². The van der Waals surface area contributed by atoms with Gasteiger partial charge in [0.15, 0.2) is 0 Å². The lowest BCUT2D eigenvalue weighted by Gasteiger charge is -2.17. The first kappa shape index (κ1) is 23.5. The minimum Gasteiger partial charge on any atom is -0.326 e. The molecule has 0 saturated carbocycles. The Morgan fingerprint density at radius 2 is 1.30 bits per heavy atom. The second kappa shape index (κ2) is 10.3. The summed E-state index contributed by atoms with van der Waals surface area (Å²) in [6.07, 6.45) is 0.451. The van der Waals surface area contributed by atoms with Gasteiger partial charge >= 0.3 is 0 Å². The van der Waals surface area contributed by atoms with Gasteiger partial charge in [0.25, 0.3) is 0 Å². The van der Waals surface area contributed by atoms with Crippen LogP contribution < -0.4 is 16.0 Å². The van der Waals surface area contributed by atoms with Gasteiger partial charge in [-0.1, -0.05) is 20.8 Å². The van der Waals surface area contributed by atoms with Crippen molar-refractivity contribution in [3.05, 3.63) is 48.5 Å². The van der Waals surface area contributed by atoms with Crippen molar-refractivity contribution >= 4 is 46.5 Å². The Bertz CT molecular complexity index is 887. The summed E-state index contributed by atoms with van der Waals surface area (Å²) in [6.45, 7) is 9.36. The molecule has 0 spiro atoms. The normalized spacial score (nSPS) is 12.0. The zero-order valence-electron chi connectivity index (χ0n) is 18.0. The van der Waals surface area contributed by atoms with Gasteiger partial charge in [0.2, 0.25) is 17.7 Å². The molecule has 0 heterocycles. The summed E-state index contributed by atoms with van der Waals surface area (Å²) in [4.78, 5) is 36.5. The van der Waals surface area contributed by atoms with Crippen LogP contribution >= 0.6 is 11.8 Å². The predicted molar refractivity (Wildman–Crippen MR) is 124 cm³/mol. The highest BCUT2D eigenvalue weighted by molar-refractivity contribution is 8.00. The van der Waals surface area contributed by atoms with E-state index in [2.05, 4.69) is 16.0 Å². The van der Waals surface area contributed by atoms with Crippen molar-refractivity contribution in [2.75, 3.05) is 16.0 Å². The number of carbonyl (C=O) groups is 3. The molecule has 160 valence electrons. The summed E-state index contributed by atoms with van der Waals surface area (Å²) in [5, 5.41) is 8.15. The van der Waals surface area contributed by atoms with E-state index in [0.717, 1.165) is 10.6 Å². The quantitative estimate of drug-likeness (QED) is 0.534. The lowest BCUT2D eigenvalue weighted by atomic mass is 9.92. The molecule has 1 atom stereocenters. The molecule has 0 fully saturated rings. The van der Waals surface area contributed by atoms with E-state index in [1.807, 2.05) is 52.0 Å². The molecule has 0 aliphatic rings. The van der Waals surface area contributed by atoms with Crippen LogP contribution in [0.5, 0.6) is 0 Å². The Balaban J connectivity index is 1.87. The highest BCUT2D eigenvalue weighted by Gasteiger charge is 2.17. The third-order valence-corrected chi connectivity index (χ3v) is 5.10.